The number of pyridine rings is 1. The lowest BCUT2D eigenvalue weighted by atomic mass is 10.1. The number of benzene rings is 2. The van der Waals surface area contributed by atoms with Crippen LogP contribution in [-0.4, -0.2) is 53.4 Å². The molecule has 1 amide bonds. The first-order chi connectivity index (χ1) is 18.5. The molecule has 10 nitrogen and oxygen atoms in total. The van der Waals surface area contributed by atoms with Gasteiger partial charge in [0.05, 0.1) is 10.4 Å². The third kappa shape index (κ3) is 7.59. The van der Waals surface area contributed by atoms with E-state index in [2.05, 4.69) is 25.0 Å². The number of imidazole rings is 1. The van der Waals surface area contributed by atoms with E-state index in [-0.39, 0.29) is 11.4 Å². The van der Waals surface area contributed by atoms with Crippen molar-refractivity contribution < 1.29 is 22.7 Å². The number of carbonyl (C=O) groups is 2. The van der Waals surface area contributed by atoms with Crippen LogP contribution in [-0.2, 0) is 19.6 Å². The van der Waals surface area contributed by atoms with Gasteiger partial charge in [0.25, 0.3) is 5.91 Å². The summed E-state index contributed by atoms with van der Waals surface area (Å²) in [5.74, 6) is -0.624. The number of H-pyrrole nitrogens is 1. The van der Waals surface area contributed by atoms with Crippen molar-refractivity contribution in [2.75, 3.05) is 6.54 Å². The van der Waals surface area contributed by atoms with Gasteiger partial charge in [0.15, 0.2) is 5.65 Å². The zero-order chi connectivity index (χ0) is 28.0. The van der Waals surface area contributed by atoms with Gasteiger partial charge in [-0.3, -0.25) is 9.59 Å². The van der Waals surface area contributed by atoms with E-state index in [1.807, 2.05) is 18.2 Å². The van der Waals surface area contributed by atoms with Gasteiger partial charge in [-0.05, 0) is 68.8 Å². The van der Waals surface area contributed by atoms with Crippen LogP contribution in [0.3, 0.4) is 0 Å². The number of carbonyl (C=O) groups excluding carboxylic acids is 2. The molecule has 4 rings (SSSR count). The van der Waals surface area contributed by atoms with Gasteiger partial charge in [-0.25, -0.2) is 18.4 Å². The maximum absolute atomic E-state index is 12.8. The fourth-order valence-corrected chi connectivity index (χ4v) is 4.77. The lowest BCUT2D eigenvalue weighted by Crippen LogP contribution is -2.50. The number of nitrogens with one attached hydrogen (secondary N) is 3. The van der Waals surface area contributed by atoms with Gasteiger partial charge in [-0.1, -0.05) is 36.4 Å². The molecule has 0 aliphatic rings. The van der Waals surface area contributed by atoms with Gasteiger partial charge in [-0.15, -0.1) is 0 Å². The number of aromatic nitrogens is 3. The van der Waals surface area contributed by atoms with Crippen molar-refractivity contribution in [1.29, 1.82) is 0 Å². The summed E-state index contributed by atoms with van der Waals surface area (Å²) >= 11 is 0. The zero-order valence-corrected chi connectivity index (χ0v) is 22.5. The first kappa shape index (κ1) is 27.7. The van der Waals surface area contributed by atoms with Crippen molar-refractivity contribution in [2.45, 2.75) is 37.3 Å². The standard InChI is InChI=1S/C28H29N5O5S/c1-28(2,3)38-27(35)23(33-39(36,37)21-8-5-4-6-9-21)18-30-26(34)20-14-11-19(12-15-20)13-16-24-31-22-10-7-17-29-25(22)32-24/h4-17,23,33H,18H2,1-3H3,(H,30,34)(H,29,31,32)/t23-/m0/s1. The minimum absolute atomic E-state index is 0.00700. The summed E-state index contributed by atoms with van der Waals surface area (Å²) in [7, 11) is -4.04. The zero-order valence-electron chi connectivity index (χ0n) is 21.7. The molecule has 11 heteroatoms. The molecule has 0 aliphatic carbocycles. The molecule has 2 heterocycles. The molecule has 0 bridgehead atoms. The Hall–Kier alpha value is -4.35. The molecule has 0 spiro atoms. The second kappa shape index (κ2) is 11.6. The fraction of sp³-hybridized carbons (Fsp3) is 0.214. The SMILES string of the molecule is CC(C)(C)OC(=O)[C@H](CNC(=O)c1ccc(C=Cc2nc3ncccc3[nH]2)cc1)NS(=O)(=O)c1ccccc1. The van der Waals surface area contributed by atoms with Crippen molar-refractivity contribution in [1.82, 2.24) is 25.0 Å². The highest BCUT2D eigenvalue weighted by atomic mass is 32.2. The number of hydrogen-bond acceptors (Lipinski definition) is 7. The average Bonchev–Trinajstić information content (AvgIpc) is 3.32. The Balaban J connectivity index is 1.42. The van der Waals surface area contributed by atoms with Crippen molar-refractivity contribution >= 4 is 45.2 Å². The Labute approximate surface area is 226 Å². The summed E-state index contributed by atoms with van der Waals surface area (Å²) in [6.45, 7) is 4.72. The molecular formula is C28H29N5O5S. The fourth-order valence-electron chi connectivity index (χ4n) is 3.56. The lowest BCUT2D eigenvalue weighted by Gasteiger charge is -2.24. The number of hydrogen-bond donors (Lipinski definition) is 3. The Kier molecular flexibility index (Phi) is 8.22. The second-order valence-corrected chi connectivity index (χ2v) is 11.4. The van der Waals surface area contributed by atoms with Crippen LogP contribution in [0.2, 0.25) is 0 Å². The summed E-state index contributed by atoms with van der Waals surface area (Å²) in [6.07, 6.45) is 5.33. The third-order valence-electron chi connectivity index (χ3n) is 5.39. The molecule has 202 valence electrons. The number of ether oxygens (including phenoxy) is 1. The molecule has 2 aromatic heterocycles. The summed E-state index contributed by atoms with van der Waals surface area (Å²) in [6, 6.07) is 16.8. The number of aromatic amines is 1. The minimum Gasteiger partial charge on any atom is -0.459 e. The first-order valence-corrected chi connectivity index (χ1v) is 13.7. The normalized spacial score (nSPS) is 12.9. The predicted molar refractivity (Wildman–Crippen MR) is 148 cm³/mol. The van der Waals surface area contributed by atoms with Crippen LogP contribution in [0.15, 0.2) is 77.8 Å². The van der Waals surface area contributed by atoms with E-state index >= 15 is 0 Å². The quantitative estimate of drug-likeness (QED) is 0.272. The molecule has 0 saturated heterocycles. The molecule has 0 unspecified atom stereocenters. The summed E-state index contributed by atoms with van der Waals surface area (Å²) in [5, 5.41) is 2.63. The van der Waals surface area contributed by atoms with Crippen LogP contribution < -0.4 is 10.0 Å². The predicted octanol–water partition coefficient (Wildman–Crippen LogP) is 3.55. The highest BCUT2D eigenvalue weighted by molar-refractivity contribution is 7.89. The molecule has 2 aromatic carbocycles. The molecule has 0 saturated carbocycles. The van der Waals surface area contributed by atoms with E-state index in [9.17, 15) is 18.0 Å². The maximum Gasteiger partial charge on any atom is 0.326 e. The van der Waals surface area contributed by atoms with E-state index in [0.717, 1.165) is 11.1 Å². The molecule has 0 radical (unpaired) electrons. The van der Waals surface area contributed by atoms with Gasteiger partial charge in [0.1, 0.15) is 17.5 Å². The summed E-state index contributed by atoms with van der Waals surface area (Å²) in [4.78, 5) is 37.3. The van der Waals surface area contributed by atoms with Crippen molar-refractivity contribution in [3.63, 3.8) is 0 Å². The van der Waals surface area contributed by atoms with Gasteiger partial charge in [0.2, 0.25) is 10.0 Å². The van der Waals surface area contributed by atoms with Gasteiger partial charge < -0.3 is 15.0 Å². The summed E-state index contributed by atoms with van der Waals surface area (Å²) < 4.78 is 33.4. The number of sulfonamides is 1. The molecule has 4 aromatic rings. The Morgan fingerprint density at radius 1 is 1.00 bits per heavy atom. The van der Waals surface area contributed by atoms with Gasteiger partial charge >= 0.3 is 5.97 Å². The van der Waals surface area contributed by atoms with Gasteiger partial charge in [-0.2, -0.15) is 4.72 Å². The number of amides is 1. The van der Waals surface area contributed by atoms with E-state index in [1.165, 1.54) is 12.1 Å². The highest BCUT2D eigenvalue weighted by Crippen LogP contribution is 2.14. The number of fused-ring (bicyclic) bond motifs is 1. The third-order valence-corrected chi connectivity index (χ3v) is 6.88. The molecule has 0 aliphatic heterocycles. The first-order valence-electron chi connectivity index (χ1n) is 12.2. The highest BCUT2D eigenvalue weighted by Gasteiger charge is 2.30. The molecule has 39 heavy (non-hydrogen) atoms. The van der Waals surface area contributed by atoms with Crippen molar-refractivity contribution in [2.24, 2.45) is 0 Å². The Morgan fingerprint density at radius 2 is 1.72 bits per heavy atom. The Morgan fingerprint density at radius 3 is 2.38 bits per heavy atom. The Bertz CT molecular complexity index is 1560. The van der Waals surface area contributed by atoms with Crippen LogP contribution in [0, 0.1) is 0 Å². The van der Waals surface area contributed by atoms with E-state index in [1.54, 1.807) is 75.5 Å². The van der Waals surface area contributed by atoms with Crippen molar-refractivity contribution in [3.05, 3.63) is 89.9 Å². The second-order valence-electron chi connectivity index (χ2n) is 9.68. The number of esters is 1. The monoisotopic (exact) mass is 547 g/mol. The van der Waals surface area contributed by atoms with E-state index < -0.39 is 33.5 Å². The van der Waals surface area contributed by atoms with Crippen LogP contribution >= 0.6 is 0 Å². The molecule has 1 atom stereocenters. The van der Waals surface area contributed by atoms with Crippen LogP contribution in [0.1, 0.15) is 42.5 Å². The topological polar surface area (TPSA) is 143 Å². The maximum atomic E-state index is 12.8. The smallest absolute Gasteiger partial charge is 0.326 e. The van der Waals surface area contributed by atoms with Crippen LogP contribution in [0.25, 0.3) is 23.3 Å². The summed E-state index contributed by atoms with van der Waals surface area (Å²) in [5.41, 5.74) is 1.79. The van der Waals surface area contributed by atoms with Gasteiger partial charge in [0, 0.05) is 18.3 Å². The van der Waals surface area contributed by atoms with E-state index in [4.69, 9.17) is 4.74 Å². The number of nitrogens with zero attached hydrogens (tertiary/aromatic N) is 2. The molecule has 0 fully saturated rings. The van der Waals surface area contributed by atoms with Crippen LogP contribution in [0.5, 0.6) is 0 Å². The average molecular weight is 548 g/mol. The van der Waals surface area contributed by atoms with Crippen LogP contribution in [0.4, 0.5) is 0 Å². The van der Waals surface area contributed by atoms with E-state index in [0.29, 0.717) is 17.0 Å². The number of rotatable bonds is 9. The van der Waals surface area contributed by atoms with Crippen molar-refractivity contribution in [3.8, 4) is 0 Å². The largest absolute Gasteiger partial charge is 0.459 e. The minimum atomic E-state index is -4.04. The molecular weight excluding hydrogens is 518 g/mol. The molecule has 3 N–H and O–H groups in total. The lowest BCUT2D eigenvalue weighted by molar-refractivity contribution is -0.156.